The third-order valence-corrected chi connectivity index (χ3v) is 5.60. The molecule has 114 valence electrons. The molecular formula is C18H18O3S. The molecule has 1 aromatic rings. The number of hydrogen-bond donors (Lipinski definition) is 0. The van der Waals surface area contributed by atoms with Gasteiger partial charge in [-0.1, -0.05) is 23.8 Å². The van der Waals surface area contributed by atoms with Crippen LogP contribution in [0.3, 0.4) is 0 Å². The molecule has 22 heavy (non-hydrogen) atoms. The highest BCUT2D eigenvalue weighted by molar-refractivity contribution is 8.00. The lowest BCUT2D eigenvalue weighted by Gasteiger charge is -2.47. The Bertz CT molecular complexity index is 684. The van der Waals surface area contributed by atoms with Crippen molar-refractivity contribution in [2.75, 3.05) is 7.11 Å². The molecule has 3 rings (SSSR count). The van der Waals surface area contributed by atoms with E-state index in [0.717, 1.165) is 16.0 Å². The lowest BCUT2D eigenvalue weighted by atomic mass is 9.61. The first-order valence-corrected chi connectivity index (χ1v) is 8.15. The number of carbonyl (C=O) groups excluding carboxylic acids is 2. The number of thioether (sulfide) groups is 1. The van der Waals surface area contributed by atoms with Gasteiger partial charge in [-0.15, -0.1) is 11.8 Å². The molecule has 3 atom stereocenters. The van der Waals surface area contributed by atoms with Crippen LogP contribution >= 0.6 is 11.8 Å². The molecule has 0 aromatic heterocycles. The van der Waals surface area contributed by atoms with Crippen molar-refractivity contribution in [3.63, 3.8) is 0 Å². The molecule has 4 heteroatoms. The molecule has 0 bridgehead atoms. The van der Waals surface area contributed by atoms with Crippen LogP contribution in [0, 0.1) is 11.8 Å². The number of allylic oxidation sites excluding steroid dienone is 3. The van der Waals surface area contributed by atoms with Crippen LogP contribution < -0.4 is 0 Å². The lowest BCUT2D eigenvalue weighted by molar-refractivity contribution is -0.133. The van der Waals surface area contributed by atoms with Crippen LogP contribution in [0.4, 0.5) is 0 Å². The van der Waals surface area contributed by atoms with E-state index in [-0.39, 0.29) is 34.4 Å². The topological polar surface area (TPSA) is 43.4 Å². The van der Waals surface area contributed by atoms with Crippen LogP contribution in [0.1, 0.15) is 13.8 Å². The van der Waals surface area contributed by atoms with Crippen LogP contribution in [-0.2, 0) is 14.3 Å². The molecule has 1 fully saturated rings. The average molecular weight is 314 g/mol. The van der Waals surface area contributed by atoms with Gasteiger partial charge in [-0.05, 0) is 31.6 Å². The van der Waals surface area contributed by atoms with E-state index in [2.05, 4.69) is 0 Å². The molecule has 0 unspecified atom stereocenters. The number of fused-ring (bicyclic) bond motifs is 1. The Hall–Kier alpha value is -1.81. The van der Waals surface area contributed by atoms with Crippen molar-refractivity contribution in [1.82, 2.24) is 0 Å². The zero-order valence-corrected chi connectivity index (χ0v) is 13.6. The molecule has 0 N–H and O–H groups in total. The summed E-state index contributed by atoms with van der Waals surface area (Å²) in [7, 11) is 1.44. The second-order valence-electron chi connectivity index (χ2n) is 5.79. The molecule has 0 aliphatic heterocycles. The van der Waals surface area contributed by atoms with E-state index in [1.54, 1.807) is 11.8 Å². The fourth-order valence-corrected chi connectivity index (χ4v) is 4.78. The van der Waals surface area contributed by atoms with Crippen molar-refractivity contribution in [2.24, 2.45) is 11.8 Å². The van der Waals surface area contributed by atoms with Gasteiger partial charge in [0.15, 0.2) is 11.5 Å². The Morgan fingerprint density at radius 3 is 2.41 bits per heavy atom. The molecule has 3 nitrogen and oxygen atoms in total. The monoisotopic (exact) mass is 314 g/mol. The van der Waals surface area contributed by atoms with Crippen molar-refractivity contribution in [2.45, 2.75) is 24.0 Å². The number of carbonyl (C=O) groups is 2. The van der Waals surface area contributed by atoms with Crippen LogP contribution in [0.25, 0.3) is 0 Å². The molecule has 2 aliphatic carbocycles. The number of ether oxygens (including phenoxy) is 1. The van der Waals surface area contributed by atoms with Gasteiger partial charge < -0.3 is 4.74 Å². The van der Waals surface area contributed by atoms with Crippen molar-refractivity contribution in [3.8, 4) is 0 Å². The fraction of sp³-hybridized carbons (Fsp3) is 0.333. The maximum atomic E-state index is 12.6. The van der Waals surface area contributed by atoms with Gasteiger partial charge in [0, 0.05) is 16.2 Å². The molecule has 0 heterocycles. The average Bonchev–Trinajstić information content (AvgIpc) is 2.48. The molecule has 0 spiro atoms. The summed E-state index contributed by atoms with van der Waals surface area (Å²) in [6.45, 7) is 4.02. The Labute approximate surface area is 134 Å². The van der Waals surface area contributed by atoms with Crippen LogP contribution in [0.2, 0.25) is 0 Å². The number of rotatable bonds is 3. The van der Waals surface area contributed by atoms with E-state index in [9.17, 15) is 9.59 Å². The second kappa shape index (κ2) is 5.76. The predicted molar refractivity (Wildman–Crippen MR) is 86.5 cm³/mol. The highest BCUT2D eigenvalue weighted by Gasteiger charge is 2.56. The van der Waals surface area contributed by atoms with E-state index in [4.69, 9.17) is 4.74 Å². The number of methoxy groups -OCH3 is 1. The van der Waals surface area contributed by atoms with Crippen LogP contribution in [-0.4, -0.2) is 23.9 Å². The first kappa shape index (κ1) is 15.1. The Morgan fingerprint density at radius 1 is 1.14 bits per heavy atom. The van der Waals surface area contributed by atoms with Crippen molar-refractivity contribution in [3.05, 3.63) is 53.3 Å². The minimum atomic E-state index is -0.303. The van der Waals surface area contributed by atoms with E-state index in [0.29, 0.717) is 0 Å². The van der Waals surface area contributed by atoms with Crippen molar-refractivity contribution in [1.29, 1.82) is 0 Å². The normalized spacial score (nSPS) is 27.0. The van der Waals surface area contributed by atoms with Crippen molar-refractivity contribution < 1.29 is 14.3 Å². The predicted octanol–water partition coefficient (Wildman–Crippen LogP) is 3.41. The summed E-state index contributed by atoms with van der Waals surface area (Å²) in [5, 5.41) is 0.0210. The van der Waals surface area contributed by atoms with E-state index < -0.39 is 0 Å². The first-order chi connectivity index (χ1) is 10.5. The molecule has 1 saturated carbocycles. The van der Waals surface area contributed by atoms with Gasteiger partial charge in [0.2, 0.25) is 5.78 Å². The minimum Gasteiger partial charge on any atom is -0.493 e. The van der Waals surface area contributed by atoms with E-state index in [1.165, 1.54) is 13.2 Å². The van der Waals surface area contributed by atoms with Crippen LogP contribution in [0.15, 0.2) is 58.2 Å². The quantitative estimate of drug-likeness (QED) is 0.802. The summed E-state index contributed by atoms with van der Waals surface area (Å²) in [6, 6.07) is 9.99. The highest BCUT2D eigenvalue weighted by atomic mass is 32.2. The molecule has 0 radical (unpaired) electrons. The molecule has 0 saturated heterocycles. The Kier molecular flexibility index (Phi) is 3.96. The largest absolute Gasteiger partial charge is 0.493 e. The summed E-state index contributed by atoms with van der Waals surface area (Å²) in [5.74, 6) is -0.467. The SMILES string of the molecule is COC1=CC(=O)[C@@H]2C(=C(C)C)[C@@H](Sc3ccccc3)[C@@H]2C1=O. The molecular weight excluding hydrogens is 296 g/mol. The van der Waals surface area contributed by atoms with Crippen LogP contribution in [0.5, 0.6) is 0 Å². The van der Waals surface area contributed by atoms with E-state index >= 15 is 0 Å². The Morgan fingerprint density at radius 2 is 1.82 bits per heavy atom. The first-order valence-electron chi connectivity index (χ1n) is 7.27. The van der Waals surface area contributed by atoms with Gasteiger partial charge in [0.1, 0.15) is 0 Å². The fourth-order valence-electron chi connectivity index (χ4n) is 3.23. The summed E-state index contributed by atoms with van der Waals surface area (Å²) < 4.78 is 5.09. The molecule has 0 amide bonds. The van der Waals surface area contributed by atoms with Gasteiger partial charge in [-0.3, -0.25) is 9.59 Å². The number of Topliss-reactive ketones (excluding diaryl/α,β-unsaturated/α-hetero) is 1. The van der Waals surface area contributed by atoms with E-state index in [1.807, 2.05) is 44.2 Å². The maximum absolute atomic E-state index is 12.6. The van der Waals surface area contributed by atoms with Gasteiger partial charge in [-0.25, -0.2) is 0 Å². The zero-order chi connectivity index (χ0) is 15.9. The zero-order valence-electron chi connectivity index (χ0n) is 12.8. The summed E-state index contributed by atoms with van der Waals surface area (Å²) in [6.07, 6.45) is 1.36. The summed E-state index contributed by atoms with van der Waals surface area (Å²) in [4.78, 5) is 26.0. The smallest absolute Gasteiger partial charge is 0.203 e. The second-order valence-corrected chi connectivity index (χ2v) is 7.00. The highest BCUT2D eigenvalue weighted by Crippen LogP contribution is 2.54. The number of benzene rings is 1. The number of ketones is 2. The minimum absolute atomic E-state index is 0.0115. The third-order valence-electron chi connectivity index (χ3n) is 4.26. The standard InChI is InChI=1S/C18H18O3S/c1-10(2)14-15-12(19)9-13(21-3)17(20)16(15)18(14)22-11-7-5-4-6-8-11/h4-9,15-16,18H,1-3H3/t15-,16+,18-/m1/s1. The third kappa shape index (κ3) is 2.31. The summed E-state index contributed by atoms with van der Waals surface area (Å²) in [5.41, 5.74) is 2.23. The number of hydrogen-bond acceptors (Lipinski definition) is 4. The van der Waals surface area contributed by atoms with Gasteiger partial charge in [-0.2, -0.15) is 0 Å². The van der Waals surface area contributed by atoms with Gasteiger partial charge in [0.25, 0.3) is 0 Å². The lowest BCUT2D eigenvalue weighted by Crippen LogP contribution is -2.53. The van der Waals surface area contributed by atoms with Gasteiger partial charge >= 0.3 is 0 Å². The van der Waals surface area contributed by atoms with Crippen molar-refractivity contribution >= 4 is 23.3 Å². The molecule has 2 aliphatic rings. The summed E-state index contributed by atoms with van der Waals surface area (Å²) >= 11 is 1.66. The molecule has 1 aromatic carbocycles. The Balaban J connectivity index is 1.96. The van der Waals surface area contributed by atoms with Gasteiger partial charge in [0.05, 0.1) is 18.9 Å². The maximum Gasteiger partial charge on any atom is 0.203 e.